The number of nitrogens with zero attached hydrogens (tertiary/aromatic N) is 4. The summed E-state index contributed by atoms with van der Waals surface area (Å²) < 4.78 is 61.3. The molecule has 3 aromatic carbocycles. The Kier molecular flexibility index (Phi) is 10.2. The average Bonchev–Trinajstić information content (AvgIpc) is 3.04. The quantitative estimate of drug-likeness (QED) is 0.132. The van der Waals surface area contributed by atoms with E-state index in [1.54, 1.807) is 0 Å². The molecule has 1 heterocycles. The van der Waals surface area contributed by atoms with Gasteiger partial charge in [0.25, 0.3) is 11.6 Å². The second-order valence-electron chi connectivity index (χ2n) is 9.86. The molecule has 0 saturated carbocycles. The third-order valence-electron chi connectivity index (χ3n) is 6.87. The van der Waals surface area contributed by atoms with Crippen LogP contribution in [0.2, 0.25) is 0 Å². The van der Waals surface area contributed by atoms with Crippen molar-refractivity contribution in [3.63, 3.8) is 0 Å². The van der Waals surface area contributed by atoms with Crippen LogP contribution in [0.25, 0.3) is 0 Å². The van der Waals surface area contributed by atoms with Crippen LogP contribution >= 0.6 is 0 Å². The predicted octanol–water partition coefficient (Wildman–Crippen LogP) is 5.31. The molecule has 2 unspecified atom stereocenters. The number of esters is 1. The molecule has 242 valence electrons. The molecule has 16 heteroatoms. The van der Waals surface area contributed by atoms with E-state index in [0.717, 1.165) is 46.2 Å². The van der Waals surface area contributed by atoms with Gasteiger partial charge in [0, 0.05) is 17.8 Å². The summed E-state index contributed by atoms with van der Waals surface area (Å²) in [7, 11) is -2.25. The third-order valence-corrected chi connectivity index (χ3v) is 7.98. The number of amides is 3. The first kappa shape index (κ1) is 34.1. The van der Waals surface area contributed by atoms with Crippen molar-refractivity contribution in [2.75, 3.05) is 18.1 Å². The van der Waals surface area contributed by atoms with Crippen LogP contribution in [-0.4, -0.2) is 45.1 Å². The summed E-state index contributed by atoms with van der Waals surface area (Å²) in [5.41, 5.74) is -1.45. The Morgan fingerprint density at radius 2 is 1.81 bits per heavy atom. The number of hydrogen-bond donors (Lipinski definition) is 1. The maximum Gasteiger partial charge on any atom is 0.416 e. The summed E-state index contributed by atoms with van der Waals surface area (Å²) in [6, 6.07) is 13.5. The van der Waals surface area contributed by atoms with Crippen LogP contribution < -0.4 is 9.62 Å². The van der Waals surface area contributed by atoms with Gasteiger partial charge < -0.3 is 9.64 Å². The number of nitro groups is 1. The van der Waals surface area contributed by atoms with Crippen LogP contribution in [0.4, 0.5) is 29.3 Å². The first-order valence-corrected chi connectivity index (χ1v) is 14.6. The molecule has 3 aromatic rings. The molecule has 1 N–H and O–H groups in total. The molecule has 2 atom stereocenters. The van der Waals surface area contributed by atoms with Crippen molar-refractivity contribution in [2.45, 2.75) is 24.0 Å². The Bertz CT molecular complexity index is 1840. The molecule has 1 aliphatic rings. The summed E-state index contributed by atoms with van der Waals surface area (Å²) in [5, 5.41) is 20.2. The lowest BCUT2D eigenvalue weighted by molar-refractivity contribution is -0.384. The normalized spacial score (nSPS) is 15.5. The Morgan fingerprint density at radius 3 is 2.38 bits per heavy atom. The largest absolute Gasteiger partial charge is 0.458 e. The topological polar surface area (TPSA) is 163 Å². The zero-order valence-electron chi connectivity index (χ0n) is 24.4. The predicted molar refractivity (Wildman–Crippen MR) is 161 cm³/mol. The number of alkyl halides is 3. The van der Waals surface area contributed by atoms with Crippen LogP contribution in [0.1, 0.15) is 29.7 Å². The van der Waals surface area contributed by atoms with Gasteiger partial charge >= 0.3 is 18.2 Å². The number of urea groups is 1. The Hall–Kier alpha value is -5.82. The number of rotatable bonds is 10. The van der Waals surface area contributed by atoms with Crippen molar-refractivity contribution < 1.29 is 41.4 Å². The smallest absolute Gasteiger partial charge is 0.416 e. The van der Waals surface area contributed by atoms with E-state index in [1.165, 1.54) is 43.3 Å². The van der Waals surface area contributed by atoms with Gasteiger partial charge in [0.05, 0.1) is 44.3 Å². The van der Waals surface area contributed by atoms with E-state index in [9.17, 15) is 47.1 Å². The van der Waals surface area contributed by atoms with Crippen LogP contribution in [-0.2, 0) is 31.5 Å². The number of anilines is 1. The Morgan fingerprint density at radius 1 is 1.15 bits per heavy atom. The van der Waals surface area contributed by atoms with Crippen LogP contribution in [0.3, 0.4) is 0 Å². The van der Waals surface area contributed by atoms with Gasteiger partial charge in [0.15, 0.2) is 11.0 Å². The molecule has 1 aliphatic heterocycles. The lowest BCUT2D eigenvalue weighted by Gasteiger charge is -2.42. The van der Waals surface area contributed by atoms with Gasteiger partial charge in [0.1, 0.15) is 13.2 Å². The summed E-state index contributed by atoms with van der Waals surface area (Å²) in [6.07, 6.45) is -3.49. The van der Waals surface area contributed by atoms with E-state index in [2.05, 4.69) is 11.3 Å². The first-order valence-electron chi connectivity index (χ1n) is 13.5. The second kappa shape index (κ2) is 14.1. The average molecular weight is 668 g/mol. The van der Waals surface area contributed by atoms with E-state index in [0.29, 0.717) is 6.07 Å². The first-order chi connectivity index (χ1) is 22.3. The minimum absolute atomic E-state index is 0.00686. The number of nitriles is 1. The van der Waals surface area contributed by atoms with Crippen molar-refractivity contribution in [1.82, 2.24) is 9.62 Å². The van der Waals surface area contributed by atoms with Gasteiger partial charge in [-0.25, -0.2) is 13.8 Å². The van der Waals surface area contributed by atoms with Gasteiger partial charge in [-0.05, 0) is 55.0 Å². The summed E-state index contributed by atoms with van der Waals surface area (Å²) in [6.45, 7) is 3.71. The summed E-state index contributed by atoms with van der Waals surface area (Å²) in [5.74, 6) is -1.97. The molecule has 0 fully saturated rings. The molecule has 3 amide bonds. The van der Waals surface area contributed by atoms with Crippen LogP contribution in [0.5, 0.6) is 0 Å². The molecule has 0 saturated heterocycles. The zero-order valence-corrected chi connectivity index (χ0v) is 25.2. The number of hydrogen-bond acceptors (Lipinski definition) is 8. The van der Waals surface area contributed by atoms with E-state index >= 15 is 0 Å². The van der Waals surface area contributed by atoms with E-state index in [1.807, 2.05) is 6.07 Å². The van der Waals surface area contributed by atoms with Gasteiger partial charge in [-0.15, -0.1) is 0 Å². The fourth-order valence-electron chi connectivity index (χ4n) is 4.74. The molecular weight excluding hydrogens is 643 g/mol. The van der Waals surface area contributed by atoms with E-state index in [4.69, 9.17) is 4.74 Å². The van der Waals surface area contributed by atoms with Crippen molar-refractivity contribution in [1.29, 1.82) is 5.26 Å². The van der Waals surface area contributed by atoms with Crippen LogP contribution in [0.15, 0.2) is 102 Å². The molecule has 0 radical (unpaired) electrons. The van der Waals surface area contributed by atoms with Crippen LogP contribution in [0, 0.1) is 21.4 Å². The van der Waals surface area contributed by atoms with Crippen molar-refractivity contribution in [3.05, 3.63) is 124 Å². The highest BCUT2D eigenvalue weighted by molar-refractivity contribution is 7.83. The minimum atomic E-state index is -4.77. The molecule has 47 heavy (non-hydrogen) atoms. The lowest BCUT2D eigenvalue weighted by atomic mass is 9.92. The Balaban J connectivity index is 1.82. The van der Waals surface area contributed by atoms with E-state index < -0.39 is 58.1 Å². The highest BCUT2D eigenvalue weighted by Crippen LogP contribution is 2.41. The minimum Gasteiger partial charge on any atom is -0.458 e. The molecule has 0 aromatic heterocycles. The maximum atomic E-state index is 14.2. The van der Waals surface area contributed by atoms with Crippen molar-refractivity contribution in [2.24, 2.45) is 0 Å². The number of allylic oxidation sites excluding steroid dienone is 1. The second-order valence-corrected chi connectivity index (χ2v) is 11.1. The number of ether oxygens (including phenoxy) is 1. The standard InChI is InChI=1S/C31H24F3N5O7S/c1-3-15-46-29(41)27-19(2)38(24-6-4-5-22(16-24)31(32,33)34)30(42)37(28(27)21-9-7-20(17-35)8-10-21)18-26(40)36-47(45)25-13-11-23(12-14-25)39(43)44/h3-14,16,28H,1,15,18H2,2H3,(H,36,40). The summed E-state index contributed by atoms with van der Waals surface area (Å²) >= 11 is 0. The molecule has 0 aliphatic carbocycles. The number of carbonyl (C=O) groups excluding carboxylic acids is 3. The monoisotopic (exact) mass is 667 g/mol. The Labute approximate surface area is 268 Å². The van der Waals surface area contributed by atoms with Gasteiger partial charge in [-0.3, -0.25) is 24.5 Å². The van der Waals surface area contributed by atoms with Gasteiger partial charge in [-0.1, -0.05) is 30.9 Å². The molecule has 0 bridgehead atoms. The molecular formula is C31H24F3N5O7S. The molecule has 4 rings (SSSR count). The van der Waals surface area contributed by atoms with Gasteiger partial charge in [0.2, 0.25) is 0 Å². The lowest BCUT2D eigenvalue weighted by Crippen LogP contribution is -2.53. The SMILES string of the molecule is C=CCOC(=O)C1=C(C)N(c2cccc(C(F)(F)F)c2)C(=O)N(CC(=O)NS(=O)c2ccc([N+](=O)[O-])cc2)C1c1ccc(C#N)cc1. The number of nitrogens with one attached hydrogen (secondary N) is 1. The molecule has 0 spiro atoms. The van der Waals surface area contributed by atoms with Gasteiger partial charge in [-0.2, -0.15) is 18.4 Å². The highest BCUT2D eigenvalue weighted by atomic mass is 32.2. The fourth-order valence-corrected chi connectivity index (χ4v) is 5.51. The fraction of sp³-hybridized carbons (Fsp3) is 0.161. The summed E-state index contributed by atoms with van der Waals surface area (Å²) in [4.78, 5) is 53.0. The number of carbonyl (C=O) groups is 3. The number of nitro benzene ring substituents is 1. The zero-order chi connectivity index (χ0) is 34.5. The molecule has 12 nitrogen and oxygen atoms in total. The highest BCUT2D eigenvalue weighted by Gasteiger charge is 2.44. The van der Waals surface area contributed by atoms with Crippen molar-refractivity contribution >= 4 is 40.3 Å². The van der Waals surface area contributed by atoms with Crippen molar-refractivity contribution in [3.8, 4) is 6.07 Å². The number of non-ortho nitro benzene ring substituents is 1. The number of halogens is 3. The maximum absolute atomic E-state index is 14.2. The van der Waals surface area contributed by atoms with E-state index in [-0.39, 0.29) is 45.3 Å². The third kappa shape index (κ3) is 7.53. The number of benzene rings is 3.